The van der Waals surface area contributed by atoms with E-state index in [1.807, 2.05) is 12.1 Å². The third-order valence-electron chi connectivity index (χ3n) is 4.20. The lowest BCUT2D eigenvalue weighted by Gasteiger charge is -2.28. The van der Waals surface area contributed by atoms with Crippen molar-refractivity contribution in [3.05, 3.63) is 66.6 Å². The van der Waals surface area contributed by atoms with Crippen LogP contribution < -0.4 is 0 Å². The third-order valence-corrected chi connectivity index (χ3v) is 7.77. The highest BCUT2D eigenvalue weighted by atomic mass is 79.9. The van der Waals surface area contributed by atoms with Gasteiger partial charge in [-0.2, -0.15) is 0 Å². The molecule has 0 amide bonds. The van der Waals surface area contributed by atoms with Crippen LogP contribution in [0.4, 0.5) is 0 Å². The molecular weight excluding hydrogens is 486 g/mol. The number of benzene rings is 1. The van der Waals surface area contributed by atoms with Crippen LogP contribution >= 0.6 is 54.8 Å². The summed E-state index contributed by atoms with van der Waals surface area (Å²) in [7, 11) is 0. The summed E-state index contributed by atoms with van der Waals surface area (Å²) in [6, 6.07) is 12.5. The Bertz CT molecular complexity index is 895. The Hall–Kier alpha value is -0.790. The van der Waals surface area contributed by atoms with Gasteiger partial charge in [0.05, 0.1) is 14.4 Å². The lowest BCUT2D eigenvalue weighted by Crippen LogP contribution is -2.31. The Kier molecular flexibility index (Phi) is 5.25. The van der Waals surface area contributed by atoms with Crippen molar-refractivity contribution in [2.75, 3.05) is 6.54 Å². The molecule has 0 bridgehead atoms. The Morgan fingerprint density at radius 3 is 2.68 bits per heavy atom. The van der Waals surface area contributed by atoms with E-state index < -0.39 is 0 Å². The van der Waals surface area contributed by atoms with Crippen molar-refractivity contribution in [1.82, 2.24) is 14.9 Å². The highest BCUT2D eigenvalue weighted by molar-refractivity contribution is 9.13. The predicted octanol–water partition coefficient (Wildman–Crippen LogP) is 5.94. The first-order valence-electron chi connectivity index (χ1n) is 7.87. The first-order chi connectivity index (χ1) is 12.1. The number of aromatic nitrogens is 2. The van der Waals surface area contributed by atoms with Gasteiger partial charge >= 0.3 is 0 Å². The second kappa shape index (κ2) is 7.45. The van der Waals surface area contributed by atoms with Gasteiger partial charge in [-0.15, -0.1) is 11.3 Å². The maximum absolute atomic E-state index is 6.52. The molecule has 0 saturated heterocycles. The summed E-state index contributed by atoms with van der Waals surface area (Å²) in [6.45, 7) is 2.69. The van der Waals surface area contributed by atoms with Crippen molar-refractivity contribution in [2.45, 2.75) is 19.5 Å². The summed E-state index contributed by atoms with van der Waals surface area (Å²) in [5, 5.41) is 0.568. The second-order valence-corrected chi connectivity index (χ2v) is 9.52. The smallest absolute Gasteiger partial charge is 0.171 e. The number of halogens is 3. The average molecular weight is 500 g/mol. The van der Waals surface area contributed by atoms with Gasteiger partial charge in [0.15, 0.2) is 5.82 Å². The van der Waals surface area contributed by atoms with E-state index in [0.717, 1.165) is 50.4 Å². The van der Waals surface area contributed by atoms with Crippen LogP contribution in [0, 0.1) is 0 Å². The number of hydrogen-bond donors (Lipinski definition) is 0. The zero-order valence-corrected chi connectivity index (χ0v) is 17.9. The fraction of sp³-hybridized carbons (Fsp3) is 0.222. The molecule has 128 valence electrons. The molecule has 25 heavy (non-hydrogen) atoms. The quantitative estimate of drug-likeness (QED) is 0.418. The van der Waals surface area contributed by atoms with Crippen molar-refractivity contribution in [2.24, 2.45) is 0 Å². The molecular formula is C18H14Br2ClN3S. The van der Waals surface area contributed by atoms with Crippen LogP contribution in [0.1, 0.15) is 16.8 Å². The van der Waals surface area contributed by atoms with E-state index in [1.54, 1.807) is 11.3 Å². The van der Waals surface area contributed by atoms with Crippen LogP contribution in [0.25, 0.3) is 10.7 Å². The molecule has 0 fully saturated rings. The number of hydrogen-bond acceptors (Lipinski definition) is 4. The number of thiophene rings is 1. The molecule has 0 saturated carbocycles. The molecule has 4 rings (SSSR count). The van der Waals surface area contributed by atoms with Gasteiger partial charge < -0.3 is 0 Å². The molecule has 0 N–H and O–H groups in total. The standard InChI is InChI=1S/C18H14Br2ClN3S/c19-13-8-15(25-16(13)20)18-22-14-6-7-24(10-12(14)17(21)23-18)9-11-4-2-1-3-5-11/h1-5,8H,6-7,9-10H2. The van der Waals surface area contributed by atoms with E-state index in [4.69, 9.17) is 16.6 Å². The topological polar surface area (TPSA) is 29.0 Å². The number of nitrogens with zero attached hydrogens (tertiary/aromatic N) is 3. The van der Waals surface area contributed by atoms with Gasteiger partial charge in [-0.05, 0) is 43.5 Å². The molecule has 1 aliphatic heterocycles. The molecule has 0 aliphatic carbocycles. The minimum Gasteiger partial charge on any atom is -0.294 e. The summed E-state index contributed by atoms with van der Waals surface area (Å²) in [6.07, 6.45) is 0.894. The fourth-order valence-corrected chi connectivity index (χ4v) is 5.19. The maximum atomic E-state index is 6.52. The van der Waals surface area contributed by atoms with Crippen molar-refractivity contribution in [3.8, 4) is 10.7 Å². The molecule has 0 atom stereocenters. The van der Waals surface area contributed by atoms with Crippen LogP contribution in [0.3, 0.4) is 0 Å². The normalized spacial score (nSPS) is 14.5. The molecule has 1 aliphatic rings. The predicted molar refractivity (Wildman–Crippen MR) is 110 cm³/mol. The summed E-state index contributed by atoms with van der Waals surface area (Å²) in [5.41, 5.74) is 3.44. The van der Waals surface area contributed by atoms with E-state index in [1.165, 1.54) is 5.56 Å². The van der Waals surface area contributed by atoms with Gasteiger partial charge in [-0.1, -0.05) is 41.9 Å². The zero-order chi connectivity index (χ0) is 17.4. The third kappa shape index (κ3) is 3.83. The van der Waals surface area contributed by atoms with Crippen molar-refractivity contribution >= 4 is 54.8 Å². The van der Waals surface area contributed by atoms with E-state index in [2.05, 4.69) is 66.0 Å². The van der Waals surface area contributed by atoms with Gasteiger partial charge in [0.1, 0.15) is 5.15 Å². The van der Waals surface area contributed by atoms with Crippen LogP contribution in [0.2, 0.25) is 5.15 Å². The number of fused-ring (bicyclic) bond motifs is 1. The van der Waals surface area contributed by atoms with Crippen molar-refractivity contribution in [3.63, 3.8) is 0 Å². The lowest BCUT2D eigenvalue weighted by molar-refractivity contribution is 0.243. The van der Waals surface area contributed by atoms with Crippen LogP contribution in [0.15, 0.2) is 44.7 Å². The van der Waals surface area contributed by atoms with Gasteiger partial charge in [-0.25, -0.2) is 9.97 Å². The van der Waals surface area contributed by atoms with Gasteiger partial charge in [0, 0.05) is 36.1 Å². The molecule has 3 heterocycles. The maximum Gasteiger partial charge on any atom is 0.171 e. The van der Waals surface area contributed by atoms with E-state index in [-0.39, 0.29) is 0 Å². The number of rotatable bonds is 3. The molecule has 1 aromatic carbocycles. The summed E-state index contributed by atoms with van der Waals surface area (Å²) < 4.78 is 2.05. The summed E-state index contributed by atoms with van der Waals surface area (Å²) >= 11 is 15.2. The Balaban J connectivity index is 1.59. The van der Waals surface area contributed by atoms with Gasteiger partial charge in [-0.3, -0.25) is 4.90 Å². The largest absolute Gasteiger partial charge is 0.294 e. The SMILES string of the molecule is Clc1nc(-c2cc(Br)c(Br)s2)nc2c1CN(Cc1ccccc1)CC2. The van der Waals surface area contributed by atoms with Crippen LogP contribution in [-0.4, -0.2) is 21.4 Å². The zero-order valence-electron chi connectivity index (χ0n) is 13.2. The first-order valence-corrected chi connectivity index (χ1v) is 10.6. The van der Waals surface area contributed by atoms with Crippen LogP contribution in [0.5, 0.6) is 0 Å². The molecule has 7 heteroatoms. The summed E-state index contributed by atoms with van der Waals surface area (Å²) in [5.74, 6) is 0.705. The first kappa shape index (κ1) is 17.6. The van der Waals surface area contributed by atoms with Gasteiger partial charge in [0.2, 0.25) is 0 Å². The van der Waals surface area contributed by atoms with Crippen molar-refractivity contribution < 1.29 is 0 Å². The monoisotopic (exact) mass is 497 g/mol. The minimum absolute atomic E-state index is 0.568. The summed E-state index contributed by atoms with van der Waals surface area (Å²) in [4.78, 5) is 12.7. The van der Waals surface area contributed by atoms with E-state index in [0.29, 0.717) is 11.0 Å². The average Bonchev–Trinajstić information content (AvgIpc) is 2.95. The van der Waals surface area contributed by atoms with E-state index in [9.17, 15) is 0 Å². The lowest BCUT2D eigenvalue weighted by atomic mass is 10.1. The van der Waals surface area contributed by atoms with Crippen molar-refractivity contribution in [1.29, 1.82) is 0 Å². The highest BCUT2D eigenvalue weighted by Crippen LogP contribution is 2.38. The van der Waals surface area contributed by atoms with Gasteiger partial charge in [0.25, 0.3) is 0 Å². The minimum atomic E-state index is 0.568. The van der Waals surface area contributed by atoms with E-state index >= 15 is 0 Å². The molecule has 3 aromatic rings. The molecule has 0 spiro atoms. The Morgan fingerprint density at radius 2 is 1.96 bits per heavy atom. The Morgan fingerprint density at radius 1 is 1.16 bits per heavy atom. The molecule has 0 radical (unpaired) electrons. The molecule has 0 unspecified atom stereocenters. The molecule has 3 nitrogen and oxygen atoms in total. The Labute approximate surface area is 172 Å². The van der Waals surface area contributed by atoms with Crippen LogP contribution in [-0.2, 0) is 19.5 Å². The fourth-order valence-electron chi connectivity index (χ4n) is 2.97. The highest BCUT2D eigenvalue weighted by Gasteiger charge is 2.23. The molecule has 2 aromatic heterocycles. The second-order valence-electron chi connectivity index (χ2n) is 5.94.